The van der Waals surface area contributed by atoms with E-state index in [2.05, 4.69) is 94.5 Å². The highest BCUT2D eigenvalue weighted by Crippen LogP contribution is 2.49. The topological polar surface area (TPSA) is 12.0 Å². The molecule has 0 fully saturated rings. The van der Waals surface area contributed by atoms with E-state index in [1.54, 1.807) is 0 Å². The van der Waals surface area contributed by atoms with Crippen molar-refractivity contribution in [1.29, 1.82) is 0 Å². The van der Waals surface area contributed by atoms with Crippen LogP contribution in [0, 0.1) is 20.8 Å². The summed E-state index contributed by atoms with van der Waals surface area (Å²) in [4.78, 5) is 0. The van der Waals surface area contributed by atoms with Gasteiger partial charge in [0.15, 0.2) is 0 Å². The maximum atomic E-state index is 3.66. The van der Waals surface area contributed by atoms with Crippen molar-refractivity contribution in [3.63, 3.8) is 0 Å². The molecule has 0 spiro atoms. The summed E-state index contributed by atoms with van der Waals surface area (Å²) < 4.78 is 0. The summed E-state index contributed by atoms with van der Waals surface area (Å²) in [5.74, 6) is 0. The number of benzene rings is 3. The summed E-state index contributed by atoms with van der Waals surface area (Å²) in [5, 5.41) is 3.66. The summed E-state index contributed by atoms with van der Waals surface area (Å²) in [7, 11) is 0. The zero-order chi connectivity index (χ0) is 17.8. The molecule has 0 aromatic heterocycles. The number of anilines is 2. The molecule has 1 aliphatic rings. The number of nitrogens with one attached hydrogen (secondary N) is 1. The van der Waals surface area contributed by atoms with E-state index in [1.807, 2.05) is 0 Å². The van der Waals surface area contributed by atoms with Crippen molar-refractivity contribution in [3.8, 4) is 11.1 Å². The molecule has 0 amide bonds. The molecule has 25 heavy (non-hydrogen) atoms. The van der Waals surface area contributed by atoms with E-state index >= 15 is 0 Å². The van der Waals surface area contributed by atoms with Crippen LogP contribution in [0.1, 0.15) is 41.7 Å². The summed E-state index contributed by atoms with van der Waals surface area (Å²) in [6.45, 7) is 11.2. The van der Waals surface area contributed by atoms with Gasteiger partial charge in [-0.2, -0.15) is 0 Å². The highest BCUT2D eigenvalue weighted by atomic mass is 14.9. The van der Waals surface area contributed by atoms with Gasteiger partial charge in [0, 0.05) is 16.8 Å². The molecule has 1 nitrogen and oxygen atoms in total. The Kier molecular flexibility index (Phi) is 3.50. The van der Waals surface area contributed by atoms with Crippen LogP contribution in [0.2, 0.25) is 0 Å². The fourth-order valence-corrected chi connectivity index (χ4v) is 4.30. The second kappa shape index (κ2) is 5.49. The molecule has 0 unspecified atom stereocenters. The van der Waals surface area contributed by atoms with Crippen molar-refractivity contribution >= 4 is 11.4 Å². The predicted molar refractivity (Wildman–Crippen MR) is 108 cm³/mol. The third kappa shape index (κ3) is 2.46. The van der Waals surface area contributed by atoms with Gasteiger partial charge in [-0.1, -0.05) is 61.9 Å². The van der Waals surface area contributed by atoms with Gasteiger partial charge in [-0.25, -0.2) is 0 Å². The Hall–Kier alpha value is -2.54. The number of rotatable bonds is 2. The minimum absolute atomic E-state index is 0.0426. The molecule has 0 aliphatic heterocycles. The first-order valence-electron chi connectivity index (χ1n) is 8.97. The monoisotopic (exact) mass is 327 g/mol. The lowest BCUT2D eigenvalue weighted by Gasteiger charge is -2.22. The van der Waals surface area contributed by atoms with Gasteiger partial charge in [-0.05, 0) is 66.3 Å². The van der Waals surface area contributed by atoms with Gasteiger partial charge in [0.05, 0.1) is 0 Å². The van der Waals surface area contributed by atoms with Gasteiger partial charge in [0.25, 0.3) is 0 Å². The standard InChI is InChI=1S/C24H25N/c1-15-12-16(2)23(17(3)13-15)25-18-10-11-20-19-8-6-7-9-21(19)24(4,5)22(20)14-18/h6-14,25H,1-5H3. The Morgan fingerprint density at radius 1 is 0.720 bits per heavy atom. The smallest absolute Gasteiger partial charge is 0.0443 e. The molecule has 0 heterocycles. The van der Waals surface area contributed by atoms with Crippen molar-refractivity contribution in [1.82, 2.24) is 0 Å². The molecule has 0 atom stereocenters. The summed E-state index contributed by atoms with van der Waals surface area (Å²) >= 11 is 0. The molecule has 1 aliphatic carbocycles. The number of hydrogen-bond acceptors (Lipinski definition) is 1. The maximum absolute atomic E-state index is 3.66. The molecule has 4 rings (SSSR count). The predicted octanol–water partition coefficient (Wildman–Crippen LogP) is 6.66. The molecule has 0 bridgehead atoms. The first-order chi connectivity index (χ1) is 11.9. The van der Waals surface area contributed by atoms with Gasteiger partial charge in [0.2, 0.25) is 0 Å². The molecule has 1 N–H and O–H groups in total. The van der Waals surface area contributed by atoms with Gasteiger partial charge >= 0.3 is 0 Å². The first kappa shape index (κ1) is 16.0. The van der Waals surface area contributed by atoms with Crippen LogP contribution >= 0.6 is 0 Å². The lowest BCUT2D eigenvalue weighted by molar-refractivity contribution is 0.660. The number of hydrogen-bond donors (Lipinski definition) is 1. The molecule has 3 aromatic rings. The fraction of sp³-hybridized carbons (Fsp3) is 0.250. The fourth-order valence-electron chi connectivity index (χ4n) is 4.30. The van der Waals surface area contributed by atoms with E-state index in [0.717, 1.165) is 5.69 Å². The Morgan fingerprint density at radius 2 is 1.36 bits per heavy atom. The minimum Gasteiger partial charge on any atom is -0.355 e. The number of aryl methyl sites for hydroxylation is 3. The zero-order valence-electron chi connectivity index (χ0n) is 15.7. The van der Waals surface area contributed by atoms with Gasteiger partial charge in [-0.15, -0.1) is 0 Å². The van der Waals surface area contributed by atoms with Gasteiger partial charge in [0.1, 0.15) is 0 Å². The van der Waals surface area contributed by atoms with E-state index in [9.17, 15) is 0 Å². The van der Waals surface area contributed by atoms with E-state index < -0.39 is 0 Å². The maximum Gasteiger partial charge on any atom is 0.0443 e. The average Bonchev–Trinajstić information content (AvgIpc) is 2.79. The molecular weight excluding hydrogens is 302 g/mol. The van der Waals surface area contributed by atoms with E-state index in [-0.39, 0.29) is 5.41 Å². The third-order valence-electron chi connectivity index (χ3n) is 5.53. The lowest BCUT2D eigenvalue weighted by atomic mass is 9.82. The largest absolute Gasteiger partial charge is 0.355 e. The highest BCUT2D eigenvalue weighted by molar-refractivity contribution is 5.83. The normalized spacial score (nSPS) is 14.1. The first-order valence-corrected chi connectivity index (χ1v) is 8.97. The molecule has 0 saturated carbocycles. The Balaban J connectivity index is 1.78. The molecule has 3 aromatic carbocycles. The Labute approximate surface area is 150 Å². The van der Waals surface area contributed by atoms with Crippen LogP contribution in [0.4, 0.5) is 11.4 Å². The summed E-state index contributed by atoms with van der Waals surface area (Å²) in [5.41, 5.74) is 11.9. The van der Waals surface area contributed by atoms with Gasteiger partial charge in [-0.3, -0.25) is 0 Å². The minimum atomic E-state index is 0.0426. The van der Waals surface area contributed by atoms with Crippen molar-refractivity contribution in [2.24, 2.45) is 0 Å². The van der Waals surface area contributed by atoms with Gasteiger partial charge < -0.3 is 5.32 Å². The molecule has 0 radical (unpaired) electrons. The quantitative estimate of drug-likeness (QED) is 0.555. The van der Waals surface area contributed by atoms with Crippen molar-refractivity contribution in [2.45, 2.75) is 40.0 Å². The average molecular weight is 327 g/mol. The van der Waals surface area contributed by atoms with Crippen LogP contribution in [-0.2, 0) is 5.41 Å². The van der Waals surface area contributed by atoms with Crippen molar-refractivity contribution < 1.29 is 0 Å². The van der Waals surface area contributed by atoms with Crippen LogP contribution in [0.5, 0.6) is 0 Å². The molecule has 126 valence electrons. The Morgan fingerprint density at radius 3 is 2.08 bits per heavy atom. The van der Waals surface area contributed by atoms with Crippen LogP contribution < -0.4 is 5.32 Å². The lowest BCUT2D eigenvalue weighted by Crippen LogP contribution is -2.15. The summed E-state index contributed by atoms with van der Waals surface area (Å²) in [6.07, 6.45) is 0. The molecule has 0 saturated heterocycles. The van der Waals surface area contributed by atoms with Crippen LogP contribution in [0.25, 0.3) is 11.1 Å². The number of fused-ring (bicyclic) bond motifs is 3. The van der Waals surface area contributed by atoms with Crippen molar-refractivity contribution in [2.75, 3.05) is 5.32 Å². The van der Waals surface area contributed by atoms with E-state index in [0.29, 0.717) is 0 Å². The SMILES string of the molecule is Cc1cc(C)c(Nc2ccc3c(c2)C(C)(C)c2ccccc2-3)c(C)c1. The summed E-state index contributed by atoms with van der Waals surface area (Å²) in [6, 6.07) is 20.1. The van der Waals surface area contributed by atoms with Crippen LogP contribution in [-0.4, -0.2) is 0 Å². The molecular formula is C24H25N. The van der Waals surface area contributed by atoms with Crippen LogP contribution in [0.3, 0.4) is 0 Å². The van der Waals surface area contributed by atoms with Crippen LogP contribution in [0.15, 0.2) is 54.6 Å². The van der Waals surface area contributed by atoms with E-state index in [4.69, 9.17) is 0 Å². The second-order valence-electron chi connectivity index (χ2n) is 7.83. The third-order valence-corrected chi connectivity index (χ3v) is 5.53. The van der Waals surface area contributed by atoms with Crippen molar-refractivity contribution in [3.05, 3.63) is 82.4 Å². The Bertz CT molecular complexity index is 956. The second-order valence-corrected chi connectivity index (χ2v) is 7.83. The molecule has 1 heteroatoms. The highest BCUT2D eigenvalue weighted by Gasteiger charge is 2.35. The van der Waals surface area contributed by atoms with E-state index in [1.165, 1.54) is 44.6 Å². The zero-order valence-corrected chi connectivity index (χ0v) is 15.7.